The molecule has 1 aliphatic rings. The molecule has 1 amide bonds. The molecule has 2 aromatic rings. The normalized spacial score (nSPS) is 17.8. The van der Waals surface area contributed by atoms with E-state index < -0.39 is 16.1 Å². The first kappa shape index (κ1) is 20.6. The van der Waals surface area contributed by atoms with Crippen LogP contribution < -0.4 is 5.32 Å². The molecular formula is C22H28N2O3S. The van der Waals surface area contributed by atoms with Gasteiger partial charge in [0, 0.05) is 18.5 Å². The number of hydrogen-bond acceptors (Lipinski definition) is 3. The Morgan fingerprint density at radius 3 is 2.39 bits per heavy atom. The average Bonchev–Trinajstić information content (AvgIpc) is 2.60. The molecule has 2 aromatic carbocycles. The first-order valence-electron chi connectivity index (χ1n) is 9.55. The van der Waals surface area contributed by atoms with Gasteiger partial charge in [-0.25, -0.2) is 8.42 Å². The summed E-state index contributed by atoms with van der Waals surface area (Å²) in [6.45, 7) is 8.04. The van der Waals surface area contributed by atoms with Crippen molar-refractivity contribution in [1.82, 2.24) is 9.62 Å². The van der Waals surface area contributed by atoms with Gasteiger partial charge in [-0.3, -0.25) is 4.79 Å². The van der Waals surface area contributed by atoms with Crippen molar-refractivity contribution in [2.45, 2.75) is 57.0 Å². The van der Waals surface area contributed by atoms with E-state index in [1.165, 1.54) is 4.31 Å². The van der Waals surface area contributed by atoms with E-state index in [-0.39, 0.29) is 22.8 Å². The summed E-state index contributed by atoms with van der Waals surface area (Å²) in [7, 11) is -3.71. The minimum atomic E-state index is -3.71. The largest absolute Gasteiger partial charge is 0.351 e. The maximum atomic E-state index is 13.4. The van der Waals surface area contributed by atoms with E-state index in [1.54, 1.807) is 24.3 Å². The van der Waals surface area contributed by atoms with E-state index in [1.807, 2.05) is 52.0 Å². The molecule has 0 spiro atoms. The van der Waals surface area contributed by atoms with Gasteiger partial charge in [-0.05, 0) is 57.4 Å². The summed E-state index contributed by atoms with van der Waals surface area (Å²) in [5.74, 6) is -0.154. The van der Waals surface area contributed by atoms with Crippen LogP contribution in [0, 0.1) is 6.92 Å². The van der Waals surface area contributed by atoms with Crippen LogP contribution in [0.25, 0.3) is 0 Å². The summed E-state index contributed by atoms with van der Waals surface area (Å²) in [5, 5.41) is 2.96. The second-order valence-corrected chi connectivity index (χ2v) is 10.3. The highest BCUT2D eigenvalue weighted by Crippen LogP contribution is 2.36. The van der Waals surface area contributed by atoms with Gasteiger partial charge in [0.25, 0.3) is 0 Å². The smallest absolute Gasteiger partial charge is 0.243 e. The minimum absolute atomic E-state index is 0.0966. The van der Waals surface area contributed by atoms with Gasteiger partial charge < -0.3 is 5.32 Å². The third kappa shape index (κ3) is 4.45. The number of nitrogens with zero attached hydrogens (tertiary/aromatic N) is 1. The Hall–Kier alpha value is -2.18. The van der Waals surface area contributed by atoms with Crippen LogP contribution in [0.4, 0.5) is 0 Å². The molecule has 0 saturated heterocycles. The number of aryl methyl sites for hydroxylation is 1. The number of hydrogen-bond donors (Lipinski definition) is 1. The summed E-state index contributed by atoms with van der Waals surface area (Å²) >= 11 is 0. The van der Waals surface area contributed by atoms with Crippen LogP contribution in [0.5, 0.6) is 0 Å². The molecule has 0 aliphatic carbocycles. The maximum absolute atomic E-state index is 13.4. The van der Waals surface area contributed by atoms with Crippen LogP contribution in [0.3, 0.4) is 0 Å². The van der Waals surface area contributed by atoms with Gasteiger partial charge in [-0.1, -0.05) is 42.0 Å². The molecule has 0 aromatic heterocycles. The maximum Gasteiger partial charge on any atom is 0.243 e. The van der Waals surface area contributed by atoms with Gasteiger partial charge in [-0.2, -0.15) is 4.31 Å². The second-order valence-electron chi connectivity index (χ2n) is 8.40. The van der Waals surface area contributed by atoms with Gasteiger partial charge in [-0.15, -0.1) is 0 Å². The minimum Gasteiger partial charge on any atom is -0.351 e. The second kappa shape index (κ2) is 7.68. The molecule has 3 rings (SSSR count). The number of carbonyl (C=O) groups is 1. The SMILES string of the molecule is Cc1ccc(S(=O)(=O)N2CCc3ccccc3C2CC(=O)NC(C)(C)C)cc1. The Morgan fingerprint density at radius 1 is 1.11 bits per heavy atom. The van der Waals surface area contributed by atoms with Crippen LogP contribution in [-0.2, 0) is 21.2 Å². The molecule has 0 fully saturated rings. The van der Waals surface area contributed by atoms with Crippen LogP contribution in [0.15, 0.2) is 53.4 Å². The predicted octanol–water partition coefficient (Wildman–Crippen LogP) is 3.59. The highest BCUT2D eigenvalue weighted by atomic mass is 32.2. The van der Waals surface area contributed by atoms with Gasteiger partial charge in [0.05, 0.1) is 10.9 Å². The van der Waals surface area contributed by atoms with Gasteiger partial charge in [0.2, 0.25) is 15.9 Å². The fourth-order valence-electron chi connectivity index (χ4n) is 3.62. The summed E-state index contributed by atoms with van der Waals surface area (Å²) in [4.78, 5) is 12.9. The van der Waals surface area contributed by atoms with Crippen molar-refractivity contribution in [2.75, 3.05) is 6.54 Å². The number of nitrogens with one attached hydrogen (secondary N) is 1. The third-order valence-corrected chi connectivity index (χ3v) is 6.81. The monoisotopic (exact) mass is 400 g/mol. The Bertz CT molecular complexity index is 960. The van der Waals surface area contributed by atoms with Crippen LogP contribution >= 0.6 is 0 Å². The molecule has 0 radical (unpaired) electrons. The zero-order valence-electron chi connectivity index (χ0n) is 16.9. The lowest BCUT2D eigenvalue weighted by Crippen LogP contribution is -2.45. The van der Waals surface area contributed by atoms with Crippen LogP contribution in [0.2, 0.25) is 0 Å². The predicted molar refractivity (Wildman–Crippen MR) is 110 cm³/mol. The first-order chi connectivity index (χ1) is 13.1. The van der Waals surface area contributed by atoms with Gasteiger partial charge >= 0.3 is 0 Å². The fourth-order valence-corrected chi connectivity index (χ4v) is 5.22. The molecule has 1 atom stereocenters. The highest BCUT2D eigenvalue weighted by molar-refractivity contribution is 7.89. The van der Waals surface area contributed by atoms with E-state index in [0.29, 0.717) is 13.0 Å². The Morgan fingerprint density at radius 2 is 1.75 bits per heavy atom. The number of fused-ring (bicyclic) bond motifs is 1. The lowest BCUT2D eigenvalue weighted by atomic mass is 9.92. The number of rotatable bonds is 4. The van der Waals surface area contributed by atoms with E-state index in [4.69, 9.17) is 0 Å². The Balaban J connectivity index is 1.99. The topological polar surface area (TPSA) is 66.5 Å². The summed E-state index contributed by atoms with van der Waals surface area (Å²) in [6, 6.07) is 14.2. The van der Waals surface area contributed by atoms with Crippen molar-refractivity contribution in [2.24, 2.45) is 0 Å². The highest BCUT2D eigenvalue weighted by Gasteiger charge is 2.37. The molecule has 0 bridgehead atoms. The van der Waals surface area contributed by atoms with E-state index in [0.717, 1.165) is 16.7 Å². The lowest BCUT2D eigenvalue weighted by Gasteiger charge is -2.36. The average molecular weight is 401 g/mol. The fraction of sp³-hybridized carbons (Fsp3) is 0.409. The number of benzene rings is 2. The quantitative estimate of drug-likeness (QED) is 0.853. The van der Waals surface area contributed by atoms with Gasteiger partial charge in [0.1, 0.15) is 0 Å². The summed E-state index contributed by atoms with van der Waals surface area (Å²) in [5.41, 5.74) is 2.65. The molecule has 0 saturated carbocycles. The molecule has 1 heterocycles. The molecule has 150 valence electrons. The van der Waals surface area contributed by atoms with Crippen LogP contribution in [0.1, 0.15) is 49.9 Å². The van der Waals surface area contributed by atoms with Crippen molar-refractivity contribution < 1.29 is 13.2 Å². The number of amides is 1. The Kier molecular flexibility index (Phi) is 5.64. The molecular weight excluding hydrogens is 372 g/mol. The molecule has 28 heavy (non-hydrogen) atoms. The first-order valence-corrected chi connectivity index (χ1v) is 11.0. The molecule has 1 aliphatic heterocycles. The van der Waals surface area contributed by atoms with Crippen molar-refractivity contribution in [3.05, 3.63) is 65.2 Å². The summed E-state index contributed by atoms with van der Waals surface area (Å²) < 4.78 is 28.2. The molecule has 5 nitrogen and oxygen atoms in total. The number of sulfonamides is 1. The zero-order chi connectivity index (χ0) is 20.5. The standard InChI is InChI=1S/C22H28N2O3S/c1-16-9-11-18(12-10-16)28(26,27)24-14-13-17-7-5-6-8-19(17)20(24)15-21(25)23-22(2,3)4/h5-12,20H,13-15H2,1-4H3,(H,23,25). The third-order valence-electron chi connectivity index (χ3n) is 4.88. The van der Waals surface area contributed by atoms with E-state index in [2.05, 4.69) is 5.32 Å². The van der Waals surface area contributed by atoms with Crippen LogP contribution in [-0.4, -0.2) is 30.7 Å². The summed E-state index contributed by atoms with van der Waals surface area (Å²) in [6.07, 6.45) is 0.734. The molecule has 1 N–H and O–H groups in total. The van der Waals surface area contributed by atoms with Crippen molar-refractivity contribution in [3.8, 4) is 0 Å². The van der Waals surface area contributed by atoms with E-state index in [9.17, 15) is 13.2 Å². The van der Waals surface area contributed by atoms with E-state index >= 15 is 0 Å². The van der Waals surface area contributed by atoms with Crippen molar-refractivity contribution in [3.63, 3.8) is 0 Å². The van der Waals surface area contributed by atoms with Gasteiger partial charge in [0.15, 0.2) is 0 Å². The molecule has 6 heteroatoms. The van der Waals surface area contributed by atoms with Crippen molar-refractivity contribution >= 4 is 15.9 Å². The van der Waals surface area contributed by atoms with Crippen molar-refractivity contribution in [1.29, 1.82) is 0 Å². The Labute approximate surface area is 167 Å². The lowest BCUT2D eigenvalue weighted by molar-refractivity contribution is -0.123. The zero-order valence-corrected chi connectivity index (χ0v) is 17.7. The number of carbonyl (C=O) groups excluding carboxylic acids is 1. The molecule has 1 unspecified atom stereocenters.